The van der Waals surface area contributed by atoms with Crippen LogP contribution in [0.25, 0.3) is 5.69 Å². The van der Waals surface area contributed by atoms with Crippen LogP contribution in [0.2, 0.25) is 0 Å². The van der Waals surface area contributed by atoms with Gasteiger partial charge in [-0.2, -0.15) is 4.68 Å². The number of carbonyl (C=O) groups is 2. The van der Waals surface area contributed by atoms with Crippen molar-refractivity contribution >= 4 is 11.9 Å². The fourth-order valence-electron chi connectivity index (χ4n) is 2.93. The van der Waals surface area contributed by atoms with E-state index < -0.39 is 17.5 Å². The van der Waals surface area contributed by atoms with E-state index in [1.165, 1.54) is 4.68 Å². The number of aryl methyl sites for hydroxylation is 1. The average Bonchev–Trinajstić information content (AvgIpc) is 3.32. The summed E-state index contributed by atoms with van der Waals surface area (Å²) >= 11 is 0. The normalized spacial score (nSPS) is 19.8. The molecule has 9 nitrogen and oxygen atoms in total. The standard InChI is InChI=1S/C17H16N6O3/c1-11-8-9-13(26-11)17(2)15(24)22(16(25)18-17)10-14-19-20-21-23(14)12-6-4-3-5-7-12/h3-9H,10H2,1-2H3,(H,18,25). The molecule has 1 aliphatic rings. The number of benzene rings is 1. The van der Waals surface area contributed by atoms with Crippen molar-refractivity contribution in [2.45, 2.75) is 25.9 Å². The van der Waals surface area contributed by atoms with E-state index in [1.807, 2.05) is 30.3 Å². The second kappa shape index (κ2) is 5.80. The SMILES string of the molecule is Cc1ccc(C2(C)NC(=O)N(Cc3nnnn3-c3ccccc3)C2=O)o1. The Hall–Kier alpha value is -3.49. The molecule has 2 aromatic heterocycles. The van der Waals surface area contributed by atoms with E-state index in [0.717, 1.165) is 10.6 Å². The molecule has 1 fully saturated rings. The molecule has 0 radical (unpaired) electrons. The molecule has 0 spiro atoms. The van der Waals surface area contributed by atoms with Gasteiger partial charge in [-0.25, -0.2) is 4.79 Å². The van der Waals surface area contributed by atoms with Crippen LogP contribution in [0.5, 0.6) is 0 Å². The van der Waals surface area contributed by atoms with Crippen molar-refractivity contribution in [3.05, 3.63) is 59.8 Å². The zero-order valence-corrected chi connectivity index (χ0v) is 14.2. The fraction of sp³-hybridized carbons (Fsp3) is 0.235. The first-order chi connectivity index (χ1) is 12.5. The van der Waals surface area contributed by atoms with Crippen molar-refractivity contribution in [1.29, 1.82) is 0 Å². The van der Waals surface area contributed by atoms with Gasteiger partial charge in [0, 0.05) is 0 Å². The zero-order valence-electron chi connectivity index (χ0n) is 14.2. The maximum atomic E-state index is 12.9. The van der Waals surface area contributed by atoms with E-state index in [1.54, 1.807) is 26.0 Å². The highest BCUT2D eigenvalue weighted by atomic mass is 16.3. The van der Waals surface area contributed by atoms with Gasteiger partial charge in [-0.05, 0) is 48.5 Å². The van der Waals surface area contributed by atoms with E-state index in [2.05, 4.69) is 20.8 Å². The number of amides is 3. The number of furan rings is 1. The number of nitrogens with zero attached hydrogens (tertiary/aromatic N) is 5. The second-order valence-corrected chi connectivity index (χ2v) is 6.20. The van der Waals surface area contributed by atoms with E-state index in [9.17, 15) is 9.59 Å². The molecule has 1 saturated heterocycles. The molecule has 9 heteroatoms. The van der Waals surface area contributed by atoms with Gasteiger partial charge in [0.1, 0.15) is 11.5 Å². The smallest absolute Gasteiger partial charge is 0.325 e. The lowest BCUT2D eigenvalue weighted by atomic mass is 9.99. The molecule has 1 unspecified atom stereocenters. The van der Waals surface area contributed by atoms with Crippen LogP contribution in [-0.4, -0.2) is 37.0 Å². The van der Waals surface area contributed by atoms with Crippen LogP contribution in [-0.2, 0) is 16.9 Å². The third-order valence-corrected chi connectivity index (χ3v) is 4.34. The fourth-order valence-corrected chi connectivity index (χ4v) is 2.93. The maximum Gasteiger partial charge on any atom is 0.325 e. The van der Waals surface area contributed by atoms with Crippen molar-refractivity contribution in [3.63, 3.8) is 0 Å². The molecular formula is C17H16N6O3. The summed E-state index contributed by atoms with van der Waals surface area (Å²) in [6.07, 6.45) is 0. The number of hydrogen-bond donors (Lipinski definition) is 1. The third-order valence-electron chi connectivity index (χ3n) is 4.34. The molecule has 1 aromatic carbocycles. The Morgan fingerprint density at radius 2 is 1.92 bits per heavy atom. The molecule has 1 aliphatic heterocycles. The molecule has 1 atom stereocenters. The Bertz CT molecular complexity index is 979. The molecule has 3 amide bonds. The van der Waals surface area contributed by atoms with Gasteiger partial charge in [0.25, 0.3) is 5.91 Å². The van der Waals surface area contributed by atoms with E-state index in [4.69, 9.17) is 4.42 Å². The topological polar surface area (TPSA) is 106 Å². The van der Waals surface area contributed by atoms with Crippen LogP contribution < -0.4 is 5.32 Å². The minimum absolute atomic E-state index is 0.0537. The highest BCUT2D eigenvalue weighted by Crippen LogP contribution is 2.30. The quantitative estimate of drug-likeness (QED) is 0.714. The van der Waals surface area contributed by atoms with Gasteiger partial charge < -0.3 is 9.73 Å². The minimum atomic E-state index is -1.25. The highest BCUT2D eigenvalue weighted by Gasteiger charge is 2.51. The van der Waals surface area contributed by atoms with Crippen LogP contribution >= 0.6 is 0 Å². The summed E-state index contributed by atoms with van der Waals surface area (Å²) in [5.74, 6) is 1.01. The lowest BCUT2D eigenvalue weighted by Gasteiger charge is -2.19. The summed E-state index contributed by atoms with van der Waals surface area (Å²) in [4.78, 5) is 26.4. The molecule has 26 heavy (non-hydrogen) atoms. The lowest BCUT2D eigenvalue weighted by Crippen LogP contribution is -2.40. The van der Waals surface area contributed by atoms with Crippen molar-refractivity contribution in [1.82, 2.24) is 30.4 Å². The Morgan fingerprint density at radius 1 is 1.15 bits per heavy atom. The number of aromatic nitrogens is 4. The Morgan fingerprint density at radius 3 is 2.62 bits per heavy atom. The average molecular weight is 352 g/mol. The molecule has 0 bridgehead atoms. The first-order valence-corrected chi connectivity index (χ1v) is 8.03. The monoisotopic (exact) mass is 352 g/mol. The van der Waals surface area contributed by atoms with Gasteiger partial charge >= 0.3 is 6.03 Å². The summed E-state index contributed by atoms with van der Waals surface area (Å²) in [5.41, 5.74) is -0.514. The Kier molecular flexibility index (Phi) is 3.57. The van der Waals surface area contributed by atoms with Gasteiger partial charge in [0.2, 0.25) is 0 Å². The van der Waals surface area contributed by atoms with Gasteiger partial charge in [-0.1, -0.05) is 18.2 Å². The lowest BCUT2D eigenvalue weighted by molar-refractivity contribution is -0.132. The van der Waals surface area contributed by atoms with Crippen LogP contribution in [0.15, 0.2) is 46.9 Å². The molecule has 132 valence electrons. The van der Waals surface area contributed by atoms with E-state index >= 15 is 0 Å². The summed E-state index contributed by atoms with van der Waals surface area (Å²) < 4.78 is 7.05. The Balaban J connectivity index is 1.63. The summed E-state index contributed by atoms with van der Waals surface area (Å²) in [6, 6.07) is 12.2. The number of urea groups is 1. The van der Waals surface area contributed by atoms with Crippen molar-refractivity contribution in [3.8, 4) is 5.69 Å². The number of tetrazole rings is 1. The van der Waals surface area contributed by atoms with Crippen molar-refractivity contribution in [2.24, 2.45) is 0 Å². The van der Waals surface area contributed by atoms with Crippen molar-refractivity contribution < 1.29 is 14.0 Å². The van der Waals surface area contributed by atoms with Gasteiger partial charge in [0.05, 0.1) is 12.2 Å². The number of para-hydroxylation sites is 1. The predicted molar refractivity (Wildman–Crippen MR) is 89.0 cm³/mol. The van der Waals surface area contributed by atoms with Gasteiger partial charge in [-0.15, -0.1) is 5.10 Å². The largest absolute Gasteiger partial charge is 0.463 e. The summed E-state index contributed by atoms with van der Waals surface area (Å²) in [6.45, 7) is 3.34. The summed E-state index contributed by atoms with van der Waals surface area (Å²) in [7, 11) is 0. The first kappa shape index (κ1) is 16.0. The van der Waals surface area contributed by atoms with E-state index in [-0.39, 0.29) is 6.54 Å². The number of imide groups is 1. The van der Waals surface area contributed by atoms with E-state index in [0.29, 0.717) is 17.3 Å². The number of hydrogen-bond acceptors (Lipinski definition) is 6. The van der Waals surface area contributed by atoms with Gasteiger partial charge in [-0.3, -0.25) is 9.69 Å². The molecular weight excluding hydrogens is 336 g/mol. The molecule has 1 N–H and O–H groups in total. The number of rotatable bonds is 4. The van der Waals surface area contributed by atoms with Crippen LogP contribution in [0, 0.1) is 6.92 Å². The van der Waals surface area contributed by atoms with Crippen LogP contribution in [0.1, 0.15) is 24.3 Å². The summed E-state index contributed by atoms with van der Waals surface area (Å²) in [5, 5.41) is 14.3. The third kappa shape index (κ3) is 2.44. The van der Waals surface area contributed by atoms with Crippen LogP contribution in [0.3, 0.4) is 0 Å². The first-order valence-electron chi connectivity index (χ1n) is 8.03. The molecule has 3 heterocycles. The molecule has 3 aromatic rings. The molecule has 4 rings (SSSR count). The Labute approximate surface area is 148 Å². The molecule has 0 saturated carbocycles. The van der Waals surface area contributed by atoms with Crippen molar-refractivity contribution in [2.75, 3.05) is 0 Å². The van der Waals surface area contributed by atoms with Gasteiger partial charge in [0.15, 0.2) is 11.4 Å². The maximum absolute atomic E-state index is 12.9. The highest BCUT2D eigenvalue weighted by molar-refractivity contribution is 6.06. The van der Waals surface area contributed by atoms with Crippen LogP contribution in [0.4, 0.5) is 4.79 Å². The zero-order chi connectivity index (χ0) is 18.3. The number of nitrogens with one attached hydrogen (secondary N) is 1. The predicted octanol–water partition coefficient (Wildman–Crippen LogP) is 1.53. The molecule has 0 aliphatic carbocycles. The number of carbonyl (C=O) groups excluding carboxylic acids is 2. The minimum Gasteiger partial charge on any atom is -0.463 e. The second-order valence-electron chi connectivity index (χ2n) is 6.20.